The molecule has 0 unspecified atom stereocenters. The van der Waals surface area contributed by atoms with E-state index in [2.05, 4.69) is 4.98 Å². The zero-order chi connectivity index (χ0) is 14.2. The zero-order valence-electron chi connectivity index (χ0n) is 10.6. The number of amides is 1. The normalized spacial score (nSPS) is 16.2. The van der Waals surface area contributed by atoms with Crippen molar-refractivity contribution in [2.75, 3.05) is 6.54 Å². The molecule has 1 aromatic carbocycles. The lowest BCUT2D eigenvalue weighted by atomic mass is 10.2. The predicted octanol–water partition coefficient (Wildman–Crippen LogP) is 1.47. The number of hydrogen-bond donors (Lipinski definition) is 0. The number of benzene rings is 1. The maximum atomic E-state index is 12.3. The van der Waals surface area contributed by atoms with Gasteiger partial charge in [-0.2, -0.15) is 0 Å². The summed E-state index contributed by atoms with van der Waals surface area (Å²) in [5, 5.41) is 0. The smallest absolute Gasteiger partial charge is 0.268 e. The fourth-order valence-electron chi connectivity index (χ4n) is 2.23. The van der Waals surface area contributed by atoms with Crippen LogP contribution in [-0.4, -0.2) is 30.2 Å². The Labute approximate surface area is 116 Å². The van der Waals surface area contributed by atoms with Gasteiger partial charge in [0, 0.05) is 18.9 Å². The molecule has 0 bridgehead atoms. The number of pyridine rings is 1. The van der Waals surface area contributed by atoms with Crippen LogP contribution in [0.4, 0.5) is 0 Å². The maximum absolute atomic E-state index is 12.3. The molecule has 6 heteroatoms. The SMILES string of the molecule is O=C1c2ccccc2S(=O)(=O)N1CCc1cccnc1. The van der Waals surface area contributed by atoms with Gasteiger partial charge in [0.15, 0.2) is 0 Å². The van der Waals surface area contributed by atoms with E-state index in [1.807, 2.05) is 6.07 Å². The number of carbonyl (C=O) groups excluding carboxylic acids is 1. The van der Waals surface area contributed by atoms with Crippen LogP contribution in [0.5, 0.6) is 0 Å². The van der Waals surface area contributed by atoms with Gasteiger partial charge in [-0.05, 0) is 30.2 Å². The second-order valence-corrected chi connectivity index (χ2v) is 6.32. The Hall–Kier alpha value is -2.21. The fourth-order valence-corrected chi connectivity index (χ4v) is 3.80. The summed E-state index contributed by atoms with van der Waals surface area (Å²) in [6, 6.07) is 9.93. The van der Waals surface area contributed by atoms with Gasteiger partial charge >= 0.3 is 0 Å². The summed E-state index contributed by atoms with van der Waals surface area (Å²) in [5.74, 6) is -0.454. The Balaban J connectivity index is 1.88. The van der Waals surface area contributed by atoms with Gasteiger partial charge in [-0.15, -0.1) is 0 Å². The van der Waals surface area contributed by atoms with Gasteiger partial charge in [0.2, 0.25) is 0 Å². The number of aromatic nitrogens is 1. The van der Waals surface area contributed by atoms with Crippen LogP contribution in [0.15, 0.2) is 53.7 Å². The van der Waals surface area contributed by atoms with Gasteiger partial charge in [-0.25, -0.2) is 12.7 Å². The van der Waals surface area contributed by atoms with Crippen LogP contribution in [0.1, 0.15) is 15.9 Å². The standard InChI is InChI=1S/C14H12N2O3S/c17-14-12-5-1-2-6-13(12)20(18,19)16(14)9-7-11-4-3-8-15-10-11/h1-6,8,10H,7,9H2. The van der Waals surface area contributed by atoms with Crippen LogP contribution < -0.4 is 0 Å². The van der Waals surface area contributed by atoms with Crippen LogP contribution in [-0.2, 0) is 16.4 Å². The van der Waals surface area contributed by atoms with Gasteiger partial charge in [-0.1, -0.05) is 18.2 Å². The van der Waals surface area contributed by atoms with Crippen LogP contribution in [0.2, 0.25) is 0 Å². The molecule has 1 aliphatic rings. The minimum absolute atomic E-state index is 0.0937. The van der Waals surface area contributed by atoms with Crippen LogP contribution >= 0.6 is 0 Å². The van der Waals surface area contributed by atoms with Crippen molar-refractivity contribution in [2.24, 2.45) is 0 Å². The van der Waals surface area contributed by atoms with E-state index >= 15 is 0 Å². The summed E-state index contributed by atoms with van der Waals surface area (Å²) < 4.78 is 25.5. The van der Waals surface area contributed by atoms with E-state index in [4.69, 9.17) is 0 Å². The first-order valence-electron chi connectivity index (χ1n) is 6.16. The van der Waals surface area contributed by atoms with Gasteiger partial charge in [-0.3, -0.25) is 9.78 Å². The first-order chi connectivity index (χ1) is 9.60. The summed E-state index contributed by atoms with van der Waals surface area (Å²) in [6.07, 6.45) is 3.77. The molecule has 5 nitrogen and oxygen atoms in total. The molecule has 20 heavy (non-hydrogen) atoms. The third-order valence-electron chi connectivity index (χ3n) is 3.24. The van der Waals surface area contributed by atoms with E-state index in [-0.39, 0.29) is 17.0 Å². The van der Waals surface area contributed by atoms with E-state index in [0.717, 1.165) is 9.87 Å². The third-order valence-corrected chi connectivity index (χ3v) is 5.08. The molecule has 3 rings (SSSR count). The number of nitrogens with zero attached hydrogens (tertiary/aromatic N) is 2. The predicted molar refractivity (Wildman–Crippen MR) is 72.6 cm³/mol. The largest absolute Gasteiger partial charge is 0.269 e. The maximum Gasteiger partial charge on any atom is 0.269 e. The average Bonchev–Trinajstić information content (AvgIpc) is 2.66. The molecule has 0 N–H and O–H groups in total. The molecule has 0 saturated heterocycles. The second kappa shape index (κ2) is 4.72. The topological polar surface area (TPSA) is 67.3 Å². The number of rotatable bonds is 3. The van der Waals surface area contributed by atoms with Gasteiger partial charge in [0.1, 0.15) is 4.90 Å². The molecule has 102 valence electrons. The molecule has 0 atom stereocenters. The number of hydrogen-bond acceptors (Lipinski definition) is 4. The molecule has 1 aliphatic heterocycles. The van der Waals surface area contributed by atoms with Crippen molar-refractivity contribution in [1.82, 2.24) is 9.29 Å². The monoisotopic (exact) mass is 288 g/mol. The van der Waals surface area contributed by atoms with Gasteiger partial charge in [0.25, 0.3) is 15.9 Å². The van der Waals surface area contributed by atoms with Crippen molar-refractivity contribution in [3.05, 3.63) is 59.9 Å². The third kappa shape index (κ3) is 1.98. The van der Waals surface area contributed by atoms with E-state index < -0.39 is 15.9 Å². The Kier molecular flexibility index (Phi) is 3.02. The van der Waals surface area contributed by atoms with Gasteiger partial charge in [0.05, 0.1) is 5.56 Å². The Bertz CT molecular complexity index is 757. The lowest BCUT2D eigenvalue weighted by Crippen LogP contribution is -2.32. The highest BCUT2D eigenvalue weighted by atomic mass is 32.2. The number of carbonyl (C=O) groups is 1. The minimum Gasteiger partial charge on any atom is -0.268 e. The minimum atomic E-state index is -3.70. The van der Waals surface area contributed by atoms with E-state index in [0.29, 0.717) is 6.42 Å². The molecule has 0 saturated carbocycles. The summed E-state index contributed by atoms with van der Waals surface area (Å²) in [4.78, 5) is 16.2. The Morgan fingerprint density at radius 3 is 2.60 bits per heavy atom. The summed E-state index contributed by atoms with van der Waals surface area (Å²) in [5.41, 5.74) is 1.14. The average molecular weight is 288 g/mol. The highest BCUT2D eigenvalue weighted by Crippen LogP contribution is 2.29. The zero-order valence-corrected chi connectivity index (χ0v) is 11.4. The molecule has 0 fully saturated rings. The van der Waals surface area contributed by atoms with E-state index in [1.165, 1.54) is 6.07 Å². The Morgan fingerprint density at radius 2 is 1.90 bits per heavy atom. The second-order valence-electron chi connectivity index (χ2n) is 4.49. The quantitative estimate of drug-likeness (QED) is 0.857. The molecule has 2 heterocycles. The number of sulfonamides is 1. The van der Waals surface area contributed by atoms with Crippen molar-refractivity contribution in [3.63, 3.8) is 0 Å². The summed E-state index contributed by atoms with van der Waals surface area (Å²) in [7, 11) is -3.70. The molecule has 1 aromatic heterocycles. The Morgan fingerprint density at radius 1 is 1.10 bits per heavy atom. The van der Waals surface area contributed by atoms with Crippen LogP contribution in [0.25, 0.3) is 0 Å². The lowest BCUT2D eigenvalue weighted by molar-refractivity contribution is 0.0872. The van der Waals surface area contributed by atoms with Crippen LogP contribution in [0.3, 0.4) is 0 Å². The summed E-state index contributed by atoms with van der Waals surface area (Å²) in [6.45, 7) is 0.127. The molecular weight excluding hydrogens is 276 g/mol. The van der Waals surface area contributed by atoms with Gasteiger partial charge < -0.3 is 0 Å². The van der Waals surface area contributed by atoms with Crippen molar-refractivity contribution >= 4 is 15.9 Å². The molecule has 0 spiro atoms. The van der Waals surface area contributed by atoms with E-state index in [1.54, 1.807) is 36.7 Å². The van der Waals surface area contributed by atoms with Crippen molar-refractivity contribution < 1.29 is 13.2 Å². The molecule has 0 radical (unpaired) electrons. The first-order valence-corrected chi connectivity index (χ1v) is 7.60. The van der Waals surface area contributed by atoms with Crippen molar-refractivity contribution in [3.8, 4) is 0 Å². The lowest BCUT2D eigenvalue weighted by Gasteiger charge is -2.14. The fraction of sp³-hybridized carbons (Fsp3) is 0.143. The van der Waals surface area contributed by atoms with Crippen LogP contribution in [0, 0.1) is 0 Å². The highest BCUT2D eigenvalue weighted by molar-refractivity contribution is 7.90. The van der Waals surface area contributed by atoms with E-state index in [9.17, 15) is 13.2 Å². The molecule has 2 aromatic rings. The number of fused-ring (bicyclic) bond motifs is 1. The first kappa shape index (κ1) is 12.8. The molecule has 1 amide bonds. The molecule has 0 aliphatic carbocycles. The van der Waals surface area contributed by atoms with Crippen molar-refractivity contribution in [2.45, 2.75) is 11.3 Å². The van der Waals surface area contributed by atoms with Crippen molar-refractivity contribution in [1.29, 1.82) is 0 Å². The summed E-state index contributed by atoms with van der Waals surface area (Å²) >= 11 is 0. The highest BCUT2D eigenvalue weighted by Gasteiger charge is 2.40. The molecular formula is C14H12N2O3S.